The van der Waals surface area contributed by atoms with Crippen LogP contribution in [-0.4, -0.2) is 46.9 Å². The third-order valence-corrected chi connectivity index (χ3v) is 12.8. The van der Waals surface area contributed by atoms with Crippen molar-refractivity contribution in [2.24, 2.45) is 0 Å². The molecule has 0 aliphatic heterocycles. The van der Waals surface area contributed by atoms with Gasteiger partial charge in [-0.25, -0.2) is 0 Å². The molecule has 0 saturated carbocycles. The Bertz CT molecular complexity index is 981. The number of nitrogens with one attached hydrogen (secondary N) is 1. The second kappa shape index (κ2) is 50.3. The molecule has 6 nitrogen and oxygen atoms in total. The molecule has 0 aromatic heterocycles. The van der Waals surface area contributed by atoms with Crippen LogP contribution in [0.1, 0.15) is 297 Å². The zero-order valence-electron chi connectivity index (χ0n) is 41.8. The van der Waals surface area contributed by atoms with Crippen molar-refractivity contribution in [2.75, 3.05) is 6.61 Å². The Kier molecular flexibility index (Phi) is 49.0. The second-order valence-electron chi connectivity index (χ2n) is 19.0. The summed E-state index contributed by atoms with van der Waals surface area (Å²) in [6.07, 6.45) is 58.2. The quantitative estimate of drug-likeness (QED) is 0.0321. The summed E-state index contributed by atoms with van der Waals surface area (Å²) in [4.78, 5) is 26.1. The molecule has 0 aromatic carbocycles. The second-order valence-corrected chi connectivity index (χ2v) is 19.0. The molecule has 3 atom stereocenters. The third-order valence-electron chi connectivity index (χ3n) is 12.8. The molecule has 0 saturated heterocycles. The predicted molar refractivity (Wildman–Crippen MR) is 269 cm³/mol. The molecule has 0 aromatic rings. The smallest absolute Gasteiger partial charge is 0.306 e. The number of aliphatic hydroxyl groups excluding tert-OH is 2. The Labute approximate surface area is 386 Å². The number of carbonyl (C=O) groups is 2. The van der Waals surface area contributed by atoms with Gasteiger partial charge in [0.2, 0.25) is 5.91 Å². The normalized spacial score (nSPS) is 13.3. The molecular weight excluding hydrogens is 767 g/mol. The highest BCUT2D eigenvalue weighted by atomic mass is 16.5. The fourth-order valence-corrected chi connectivity index (χ4v) is 8.58. The lowest BCUT2D eigenvalue weighted by Gasteiger charge is -2.24. The minimum Gasteiger partial charge on any atom is -0.462 e. The molecule has 3 unspecified atom stereocenters. The molecule has 0 spiro atoms. The van der Waals surface area contributed by atoms with E-state index in [1.165, 1.54) is 199 Å². The van der Waals surface area contributed by atoms with Gasteiger partial charge >= 0.3 is 5.97 Å². The van der Waals surface area contributed by atoms with E-state index in [9.17, 15) is 19.8 Å². The number of allylic oxidation sites excluding steroid dienone is 4. The number of esters is 1. The zero-order valence-corrected chi connectivity index (χ0v) is 41.8. The molecule has 0 rings (SSSR count). The van der Waals surface area contributed by atoms with E-state index < -0.39 is 18.2 Å². The largest absolute Gasteiger partial charge is 0.462 e. The van der Waals surface area contributed by atoms with E-state index in [1.807, 2.05) is 0 Å². The van der Waals surface area contributed by atoms with Crippen molar-refractivity contribution < 1.29 is 24.5 Å². The SMILES string of the molecule is CCCCC/C=C\C/C=C\CCCCCCCCCCCC(=O)OC(CCCCCCCCCC)CC(=O)NC(CO)C(O)CCCCCCCCCCCCCCCCCC. The molecule has 0 heterocycles. The fraction of sp³-hybridized carbons (Fsp3) is 0.893. The summed E-state index contributed by atoms with van der Waals surface area (Å²) in [6, 6.07) is -0.696. The predicted octanol–water partition coefficient (Wildman–Crippen LogP) is 16.7. The van der Waals surface area contributed by atoms with Crippen LogP contribution in [0.2, 0.25) is 0 Å². The molecular formula is C56H107NO5. The lowest BCUT2D eigenvalue weighted by Crippen LogP contribution is -2.46. The number of carbonyl (C=O) groups excluding carboxylic acids is 2. The van der Waals surface area contributed by atoms with Crippen molar-refractivity contribution in [1.82, 2.24) is 5.32 Å². The standard InChI is InChI=1S/C56H107NO5/c1-4-7-10-13-16-19-21-23-25-27-28-29-31-33-35-37-40-43-46-49-56(61)62-52(47-44-41-38-18-15-12-9-6-3)50-55(60)57-53(51-58)54(59)48-45-42-39-36-34-32-30-26-24-22-20-17-14-11-8-5-2/h16,19,23,25,52-54,58-59H,4-15,17-18,20-22,24,26-51H2,1-3H3,(H,57,60)/b19-16-,25-23-. The number of unbranched alkanes of at least 4 members (excludes halogenated alkanes) is 34. The van der Waals surface area contributed by atoms with Gasteiger partial charge in [0.1, 0.15) is 6.10 Å². The highest BCUT2D eigenvalue weighted by Crippen LogP contribution is 2.18. The minimum absolute atomic E-state index is 0.0807. The van der Waals surface area contributed by atoms with Crippen LogP contribution in [0, 0.1) is 0 Å². The molecule has 3 N–H and O–H groups in total. The van der Waals surface area contributed by atoms with Gasteiger partial charge in [0.15, 0.2) is 0 Å². The maximum Gasteiger partial charge on any atom is 0.306 e. The molecule has 6 heteroatoms. The van der Waals surface area contributed by atoms with Gasteiger partial charge in [-0.05, 0) is 57.8 Å². The fourth-order valence-electron chi connectivity index (χ4n) is 8.58. The number of rotatable bonds is 50. The summed E-state index contributed by atoms with van der Waals surface area (Å²) in [5.74, 6) is -0.466. The van der Waals surface area contributed by atoms with Crippen LogP contribution < -0.4 is 5.32 Å². The van der Waals surface area contributed by atoms with E-state index in [1.54, 1.807) is 0 Å². The van der Waals surface area contributed by atoms with Crippen LogP contribution in [0.15, 0.2) is 24.3 Å². The average Bonchev–Trinajstić information content (AvgIpc) is 3.26. The Morgan fingerprint density at radius 1 is 0.468 bits per heavy atom. The summed E-state index contributed by atoms with van der Waals surface area (Å²) in [5, 5.41) is 23.8. The van der Waals surface area contributed by atoms with Gasteiger partial charge < -0.3 is 20.3 Å². The van der Waals surface area contributed by atoms with Gasteiger partial charge in [0, 0.05) is 6.42 Å². The van der Waals surface area contributed by atoms with E-state index in [4.69, 9.17) is 4.74 Å². The Hall–Kier alpha value is -1.66. The van der Waals surface area contributed by atoms with Gasteiger partial charge in [0.25, 0.3) is 0 Å². The number of ether oxygens (including phenoxy) is 1. The first-order valence-electron chi connectivity index (χ1n) is 27.6. The van der Waals surface area contributed by atoms with Crippen LogP contribution in [0.5, 0.6) is 0 Å². The van der Waals surface area contributed by atoms with Crippen molar-refractivity contribution in [2.45, 2.75) is 315 Å². The first kappa shape index (κ1) is 60.3. The number of hydrogen-bond acceptors (Lipinski definition) is 5. The summed E-state index contributed by atoms with van der Waals surface area (Å²) in [5.41, 5.74) is 0. The molecule has 0 radical (unpaired) electrons. The van der Waals surface area contributed by atoms with Gasteiger partial charge in [0.05, 0.1) is 25.2 Å². The Balaban J connectivity index is 4.33. The third kappa shape index (κ3) is 44.9. The van der Waals surface area contributed by atoms with Crippen molar-refractivity contribution in [3.8, 4) is 0 Å². The maximum atomic E-state index is 13.2. The number of amides is 1. The lowest BCUT2D eigenvalue weighted by atomic mass is 10.0. The highest BCUT2D eigenvalue weighted by molar-refractivity contribution is 5.77. The Morgan fingerprint density at radius 3 is 1.26 bits per heavy atom. The van der Waals surface area contributed by atoms with Gasteiger partial charge in [-0.3, -0.25) is 9.59 Å². The first-order chi connectivity index (χ1) is 30.5. The molecule has 366 valence electrons. The van der Waals surface area contributed by atoms with Crippen LogP contribution in [-0.2, 0) is 14.3 Å². The Morgan fingerprint density at radius 2 is 0.823 bits per heavy atom. The van der Waals surface area contributed by atoms with Crippen LogP contribution in [0.3, 0.4) is 0 Å². The summed E-state index contributed by atoms with van der Waals surface area (Å²) in [7, 11) is 0. The average molecular weight is 874 g/mol. The highest BCUT2D eigenvalue weighted by Gasteiger charge is 2.24. The lowest BCUT2D eigenvalue weighted by molar-refractivity contribution is -0.151. The van der Waals surface area contributed by atoms with Crippen molar-refractivity contribution in [3.05, 3.63) is 24.3 Å². The van der Waals surface area contributed by atoms with Crippen molar-refractivity contribution in [3.63, 3.8) is 0 Å². The molecule has 0 bridgehead atoms. The van der Waals surface area contributed by atoms with E-state index in [2.05, 4.69) is 50.4 Å². The van der Waals surface area contributed by atoms with E-state index in [0.717, 1.165) is 51.4 Å². The van der Waals surface area contributed by atoms with Crippen LogP contribution in [0.4, 0.5) is 0 Å². The van der Waals surface area contributed by atoms with Crippen LogP contribution in [0.25, 0.3) is 0 Å². The van der Waals surface area contributed by atoms with Gasteiger partial charge in [-0.15, -0.1) is 0 Å². The van der Waals surface area contributed by atoms with Gasteiger partial charge in [-0.1, -0.05) is 251 Å². The number of hydrogen-bond donors (Lipinski definition) is 3. The monoisotopic (exact) mass is 874 g/mol. The van der Waals surface area contributed by atoms with E-state index >= 15 is 0 Å². The minimum atomic E-state index is -0.783. The van der Waals surface area contributed by atoms with E-state index in [-0.39, 0.29) is 24.9 Å². The van der Waals surface area contributed by atoms with Crippen molar-refractivity contribution >= 4 is 11.9 Å². The van der Waals surface area contributed by atoms with Crippen LogP contribution >= 0.6 is 0 Å². The summed E-state index contributed by atoms with van der Waals surface area (Å²) >= 11 is 0. The molecule has 62 heavy (non-hydrogen) atoms. The molecule has 0 fully saturated rings. The molecule has 0 aliphatic carbocycles. The first-order valence-corrected chi connectivity index (χ1v) is 27.6. The zero-order chi connectivity index (χ0) is 45.2. The number of aliphatic hydroxyl groups is 2. The topological polar surface area (TPSA) is 95.9 Å². The molecule has 1 amide bonds. The van der Waals surface area contributed by atoms with E-state index in [0.29, 0.717) is 19.3 Å². The summed E-state index contributed by atoms with van der Waals surface area (Å²) in [6.45, 7) is 6.47. The van der Waals surface area contributed by atoms with Gasteiger partial charge in [-0.2, -0.15) is 0 Å². The van der Waals surface area contributed by atoms with Crippen molar-refractivity contribution in [1.29, 1.82) is 0 Å². The molecule has 0 aliphatic rings. The maximum absolute atomic E-state index is 13.2. The summed E-state index contributed by atoms with van der Waals surface area (Å²) < 4.78 is 5.92.